The quantitative estimate of drug-likeness (QED) is 0.459. The summed E-state index contributed by atoms with van der Waals surface area (Å²) in [4.78, 5) is 21.6. The highest BCUT2D eigenvalue weighted by atomic mass is 16.6. The average molecular weight is 453 g/mol. The van der Waals surface area contributed by atoms with E-state index in [1.54, 1.807) is 6.33 Å². The van der Waals surface area contributed by atoms with Crippen LogP contribution in [-0.2, 0) is 21.6 Å². The number of rotatable bonds is 9. The number of benzene rings is 1. The Balaban J connectivity index is 1.39. The van der Waals surface area contributed by atoms with E-state index in [0.29, 0.717) is 12.2 Å². The summed E-state index contributed by atoms with van der Waals surface area (Å²) in [5, 5.41) is 11.8. The Hall–Kier alpha value is -2.31. The van der Waals surface area contributed by atoms with Crippen LogP contribution in [0, 0.1) is 5.92 Å². The minimum atomic E-state index is -1.56. The average Bonchev–Trinajstić information content (AvgIpc) is 3.23. The topological polar surface area (TPSA) is 72.3 Å². The molecule has 6 nitrogen and oxygen atoms in total. The Bertz CT molecular complexity index is 888. The fourth-order valence-corrected chi connectivity index (χ4v) is 5.86. The molecule has 178 valence electrons. The highest BCUT2D eigenvalue weighted by molar-refractivity contribution is 5.81. The van der Waals surface area contributed by atoms with E-state index in [1.807, 2.05) is 42.7 Å². The molecule has 2 fully saturated rings. The van der Waals surface area contributed by atoms with Crippen LogP contribution in [0.3, 0.4) is 0 Å². The maximum atomic E-state index is 13.4. The third-order valence-corrected chi connectivity index (χ3v) is 7.96. The summed E-state index contributed by atoms with van der Waals surface area (Å²) in [5.41, 5.74) is 0.263. The molecule has 0 spiro atoms. The number of quaternary nitrogens is 1. The number of ether oxygens (including phenoxy) is 1. The number of likely N-dealkylation sites (tertiary alicyclic amines) is 1. The molecule has 6 heteroatoms. The van der Waals surface area contributed by atoms with E-state index >= 15 is 0 Å². The third-order valence-electron chi connectivity index (χ3n) is 7.96. The van der Waals surface area contributed by atoms with Gasteiger partial charge in [-0.25, -0.2) is 14.8 Å². The monoisotopic (exact) mass is 452 g/mol. The van der Waals surface area contributed by atoms with Crippen LogP contribution in [0.4, 0.5) is 0 Å². The zero-order valence-corrected chi connectivity index (χ0v) is 19.9. The van der Waals surface area contributed by atoms with Gasteiger partial charge < -0.3 is 14.3 Å². The summed E-state index contributed by atoms with van der Waals surface area (Å²) in [6, 6.07) is 9.68. The van der Waals surface area contributed by atoms with Crippen LogP contribution in [0.2, 0.25) is 0 Å². The Morgan fingerprint density at radius 3 is 2.55 bits per heavy atom. The van der Waals surface area contributed by atoms with E-state index in [-0.39, 0.29) is 12.0 Å². The predicted molar refractivity (Wildman–Crippen MR) is 127 cm³/mol. The van der Waals surface area contributed by atoms with Crippen molar-refractivity contribution in [1.29, 1.82) is 0 Å². The van der Waals surface area contributed by atoms with Crippen LogP contribution < -0.4 is 0 Å². The molecule has 1 saturated carbocycles. The first-order valence-corrected chi connectivity index (χ1v) is 12.6. The highest BCUT2D eigenvalue weighted by Crippen LogP contribution is 2.40. The number of carbonyl (C=O) groups is 1. The molecular weight excluding hydrogens is 414 g/mol. The molecule has 2 aromatic rings. The Morgan fingerprint density at radius 2 is 1.82 bits per heavy atom. The SMILES string of the molecule is C[N+]1(CCCc2cncnc2)CCCC1COC(=O)C(O)(c1ccccc1)C1CCCCC1. The lowest BCUT2D eigenvalue weighted by Crippen LogP contribution is -2.52. The van der Waals surface area contributed by atoms with Crippen LogP contribution in [0.15, 0.2) is 49.1 Å². The van der Waals surface area contributed by atoms with Gasteiger partial charge in [0.25, 0.3) is 0 Å². The second-order valence-corrected chi connectivity index (χ2v) is 10.1. The Labute approximate surface area is 197 Å². The lowest BCUT2D eigenvalue weighted by Gasteiger charge is -2.39. The largest absolute Gasteiger partial charge is 0.457 e. The van der Waals surface area contributed by atoms with Gasteiger partial charge in [-0.15, -0.1) is 0 Å². The molecule has 2 heterocycles. The third kappa shape index (κ3) is 5.44. The summed E-state index contributed by atoms with van der Waals surface area (Å²) < 4.78 is 6.85. The first kappa shape index (κ1) is 23.8. The number of aromatic nitrogens is 2. The van der Waals surface area contributed by atoms with Crippen molar-refractivity contribution >= 4 is 5.97 Å². The zero-order chi connectivity index (χ0) is 23.2. The van der Waals surface area contributed by atoms with Crippen LogP contribution >= 0.6 is 0 Å². The number of carbonyl (C=O) groups excluding carboxylic acids is 1. The number of aliphatic hydroxyl groups is 1. The van der Waals surface area contributed by atoms with E-state index in [0.717, 1.165) is 74.5 Å². The van der Waals surface area contributed by atoms with Gasteiger partial charge in [0.05, 0.1) is 20.1 Å². The van der Waals surface area contributed by atoms with Crippen molar-refractivity contribution in [2.75, 3.05) is 26.7 Å². The molecule has 1 aromatic heterocycles. The molecule has 1 saturated heterocycles. The summed E-state index contributed by atoms with van der Waals surface area (Å²) in [6.07, 6.45) is 14.5. The first-order chi connectivity index (χ1) is 16.0. The molecule has 2 aliphatic rings. The molecule has 33 heavy (non-hydrogen) atoms. The summed E-state index contributed by atoms with van der Waals surface area (Å²) >= 11 is 0. The molecule has 4 rings (SSSR count). The normalized spacial score (nSPS) is 25.5. The number of hydrogen-bond acceptors (Lipinski definition) is 5. The van der Waals surface area contributed by atoms with E-state index in [1.165, 1.54) is 6.42 Å². The second-order valence-electron chi connectivity index (χ2n) is 10.1. The van der Waals surface area contributed by atoms with Gasteiger partial charge in [-0.3, -0.25) is 0 Å². The minimum absolute atomic E-state index is 0.0845. The van der Waals surface area contributed by atoms with Crippen LogP contribution in [0.25, 0.3) is 0 Å². The number of aryl methyl sites for hydroxylation is 1. The van der Waals surface area contributed by atoms with Crippen molar-refractivity contribution in [3.05, 3.63) is 60.2 Å². The fourth-order valence-electron chi connectivity index (χ4n) is 5.86. The van der Waals surface area contributed by atoms with Gasteiger partial charge in [-0.05, 0) is 30.4 Å². The highest BCUT2D eigenvalue weighted by Gasteiger charge is 2.48. The fraction of sp³-hybridized carbons (Fsp3) is 0.593. The van der Waals surface area contributed by atoms with Crippen molar-refractivity contribution in [2.24, 2.45) is 5.92 Å². The van der Waals surface area contributed by atoms with Gasteiger partial charge in [0.1, 0.15) is 19.0 Å². The maximum absolute atomic E-state index is 13.4. The lowest BCUT2D eigenvalue weighted by molar-refractivity contribution is -0.921. The van der Waals surface area contributed by atoms with Crippen molar-refractivity contribution in [1.82, 2.24) is 9.97 Å². The van der Waals surface area contributed by atoms with E-state index in [9.17, 15) is 9.90 Å². The van der Waals surface area contributed by atoms with E-state index in [4.69, 9.17) is 4.74 Å². The van der Waals surface area contributed by atoms with Gasteiger partial charge in [0.2, 0.25) is 0 Å². The summed E-state index contributed by atoms with van der Waals surface area (Å²) in [6.45, 7) is 2.49. The van der Waals surface area contributed by atoms with Gasteiger partial charge in [-0.1, -0.05) is 49.6 Å². The molecular formula is C27H38N3O3+. The molecule has 0 amide bonds. The minimum Gasteiger partial charge on any atom is -0.457 e. The molecule has 0 radical (unpaired) electrons. The Morgan fingerprint density at radius 1 is 1.09 bits per heavy atom. The second kappa shape index (κ2) is 10.7. The lowest BCUT2D eigenvalue weighted by atomic mass is 9.73. The van der Waals surface area contributed by atoms with Crippen molar-refractivity contribution in [3.8, 4) is 0 Å². The molecule has 3 atom stereocenters. The van der Waals surface area contributed by atoms with Gasteiger partial charge >= 0.3 is 5.97 Å². The van der Waals surface area contributed by atoms with E-state index in [2.05, 4.69) is 17.0 Å². The number of likely N-dealkylation sites (N-methyl/N-ethyl adjacent to an activating group) is 1. The number of esters is 1. The predicted octanol–water partition coefficient (Wildman–Crippen LogP) is 4.03. The smallest absolute Gasteiger partial charge is 0.343 e. The van der Waals surface area contributed by atoms with E-state index < -0.39 is 11.6 Å². The number of nitrogens with zero attached hydrogens (tertiary/aromatic N) is 3. The van der Waals surface area contributed by atoms with Crippen LogP contribution in [0.5, 0.6) is 0 Å². The molecule has 3 unspecified atom stereocenters. The van der Waals surface area contributed by atoms with Crippen molar-refractivity contribution in [2.45, 2.75) is 69.4 Å². The first-order valence-electron chi connectivity index (χ1n) is 12.6. The summed E-state index contributed by atoms with van der Waals surface area (Å²) in [5.74, 6) is -0.556. The number of hydrogen-bond donors (Lipinski definition) is 1. The van der Waals surface area contributed by atoms with Gasteiger partial charge in [-0.2, -0.15) is 0 Å². The molecule has 1 aliphatic heterocycles. The Kier molecular flexibility index (Phi) is 7.76. The van der Waals surface area contributed by atoms with Crippen LogP contribution in [0.1, 0.15) is 62.5 Å². The van der Waals surface area contributed by atoms with Crippen molar-refractivity contribution in [3.63, 3.8) is 0 Å². The standard InChI is InChI=1S/C27H38N3O3/c1-30(16-8-10-22-18-28-21-29-19-22)17-9-15-25(30)20-33-26(31)27(32,23-11-4-2-5-12-23)24-13-6-3-7-14-24/h2,4-5,11-12,18-19,21,24-25,32H,3,6-10,13-17,20H2,1H3/q+1. The molecule has 1 N–H and O–H groups in total. The van der Waals surface area contributed by atoms with Crippen molar-refractivity contribution < 1.29 is 19.1 Å². The zero-order valence-electron chi connectivity index (χ0n) is 19.9. The molecule has 1 aliphatic carbocycles. The molecule has 0 bridgehead atoms. The maximum Gasteiger partial charge on any atom is 0.343 e. The molecule has 1 aromatic carbocycles. The van der Waals surface area contributed by atoms with Gasteiger partial charge in [0, 0.05) is 37.6 Å². The summed E-state index contributed by atoms with van der Waals surface area (Å²) in [7, 11) is 2.28. The van der Waals surface area contributed by atoms with Crippen LogP contribution in [-0.4, -0.2) is 58.3 Å². The van der Waals surface area contributed by atoms with Gasteiger partial charge in [0.15, 0.2) is 5.60 Å².